The van der Waals surface area contributed by atoms with E-state index in [2.05, 4.69) is 0 Å². The second-order valence-electron chi connectivity index (χ2n) is 7.21. The summed E-state index contributed by atoms with van der Waals surface area (Å²) in [7, 11) is 0. The van der Waals surface area contributed by atoms with Crippen molar-refractivity contribution in [3.63, 3.8) is 0 Å². The monoisotopic (exact) mass is 419 g/mol. The smallest absolute Gasteiger partial charge is 0.349 e. The first kappa shape index (κ1) is 20.0. The summed E-state index contributed by atoms with van der Waals surface area (Å²) in [6, 6.07) is 16.8. The third-order valence-corrected chi connectivity index (χ3v) is 6.12. The lowest BCUT2D eigenvalue weighted by atomic mass is 10.0. The van der Waals surface area contributed by atoms with E-state index in [0.717, 1.165) is 22.4 Å². The van der Waals surface area contributed by atoms with Gasteiger partial charge in [0.2, 0.25) is 11.7 Å². The maximum Gasteiger partial charge on any atom is 0.349 e. The molecule has 0 bridgehead atoms. The molecule has 5 nitrogen and oxygen atoms in total. The number of rotatable bonds is 5. The third kappa shape index (κ3) is 3.78. The second kappa shape index (κ2) is 8.24. The minimum atomic E-state index is -0.911. The normalized spacial score (nSPS) is 13.6. The molecule has 30 heavy (non-hydrogen) atoms. The zero-order valence-electron chi connectivity index (χ0n) is 16.8. The molecule has 1 aromatic heterocycles. The van der Waals surface area contributed by atoms with E-state index in [0.29, 0.717) is 23.4 Å². The van der Waals surface area contributed by atoms with Crippen molar-refractivity contribution in [2.24, 2.45) is 0 Å². The van der Waals surface area contributed by atoms with Gasteiger partial charge in [-0.25, -0.2) is 4.79 Å². The Hall–Kier alpha value is -3.25. The van der Waals surface area contributed by atoms with Crippen LogP contribution in [-0.2, 0) is 16.0 Å². The zero-order valence-corrected chi connectivity index (χ0v) is 17.6. The summed E-state index contributed by atoms with van der Waals surface area (Å²) >= 11 is 1.30. The van der Waals surface area contributed by atoms with Gasteiger partial charge in [0.15, 0.2) is 6.10 Å². The standard InChI is InChI=1S/C24H21NO4S/c1-15(22(27)19-8-9-21-18(14-19)10-12-25(21)16(2)26)29-24(28)23-20(11-13-30-23)17-6-4-3-5-7-17/h3-9,11,13-15H,10,12H2,1-2H3. The van der Waals surface area contributed by atoms with Crippen LogP contribution in [0.25, 0.3) is 11.1 Å². The summed E-state index contributed by atoms with van der Waals surface area (Å²) in [5.41, 5.74) is 4.01. The maximum absolute atomic E-state index is 12.9. The molecule has 0 N–H and O–H groups in total. The summed E-state index contributed by atoms with van der Waals surface area (Å²) in [6.07, 6.45) is -0.202. The molecule has 2 aromatic carbocycles. The van der Waals surface area contributed by atoms with Crippen molar-refractivity contribution in [2.45, 2.75) is 26.4 Å². The predicted molar refractivity (Wildman–Crippen MR) is 117 cm³/mol. The molecule has 152 valence electrons. The van der Waals surface area contributed by atoms with Crippen molar-refractivity contribution >= 4 is 34.7 Å². The molecule has 0 fully saturated rings. The fraction of sp³-hybridized carbons (Fsp3) is 0.208. The molecule has 1 aliphatic rings. The van der Waals surface area contributed by atoms with Crippen LogP contribution in [0, 0.1) is 0 Å². The highest BCUT2D eigenvalue weighted by atomic mass is 32.1. The van der Waals surface area contributed by atoms with E-state index in [1.165, 1.54) is 18.3 Å². The molecule has 2 heterocycles. The van der Waals surface area contributed by atoms with Crippen LogP contribution in [0.2, 0.25) is 0 Å². The van der Waals surface area contributed by atoms with Crippen molar-refractivity contribution in [2.75, 3.05) is 11.4 Å². The van der Waals surface area contributed by atoms with Crippen LogP contribution in [0.5, 0.6) is 0 Å². The van der Waals surface area contributed by atoms with Gasteiger partial charge in [-0.3, -0.25) is 9.59 Å². The van der Waals surface area contributed by atoms with Gasteiger partial charge in [-0.2, -0.15) is 0 Å². The topological polar surface area (TPSA) is 63.7 Å². The van der Waals surface area contributed by atoms with Gasteiger partial charge in [0.1, 0.15) is 4.88 Å². The number of carbonyl (C=O) groups excluding carboxylic acids is 3. The Morgan fingerprint density at radius 2 is 1.83 bits per heavy atom. The van der Waals surface area contributed by atoms with Crippen molar-refractivity contribution in [3.8, 4) is 11.1 Å². The molecule has 0 radical (unpaired) electrons. The Bertz CT molecular complexity index is 1120. The Balaban J connectivity index is 1.49. The predicted octanol–water partition coefficient (Wildman–Crippen LogP) is 4.75. The summed E-state index contributed by atoms with van der Waals surface area (Å²) in [5.74, 6) is -0.779. The van der Waals surface area contributed by atoms with Crippen LogP contribution in [0.1, 0.15) is 39.4 Å². The number of nitrogens with zero attached hydrogens (tertiary/aromatic N) is 1. The van der Waals surface area contributed by atoms with E-state index in [1.807, 2.05) is 41.8 Å². The average molecular weight is 420 g/mol. The summed E-state index contributed by atoms with van der Waals surface area (Å²) < 4.78 is 5.51. The first-order valence-electron chi connectivity index (χ1n) is 9.75. The van der Waals surface area contributed by atoms with E-state index in [9.17, 15) is 14.4 Å². The van der Waals surface area contributed by atoms with E-state index in [4.69, 9.17) is 4.74 Å². The second-order valence-corrected chi connectivity index (χ2v) is 8.12. The number of fused-ring (bicyclic) bond motifs is 1. The largest absolute Gasteiger partial charge is 0.450 e. The lowest BCUT2D eigenvalue weighted by Gasteiger charge is -2.16. The van der Waals surface area contributed by atoms with Gasteiger partial charge in [-0.05, 0) is 54.1 Å². The van der Waals surface area contributed by atoms with Crippen LogP contribution in [0.4, 0.5) is 5.69 Å². The molecule has 1 amide bonds. The van der Waals surface area contributed by atoms with E-state index in [-0.39, 0.29) is 11.7 Å². The molecule has 6 heteroatoms. The number of ether oxygens (including phenoxy) is 1. The maximum atomic E-state index is 12.9. The van der Waals surface area contributed by atoms with Gasteiger partial charge in [-0.1, -0.05) is 30.3 Å². The van der Waals surface area contributed by atoms with Crippen molar-refractivity contribution in [1.82, 2.24) is 0 Å². The summed E-state index contributed by atoms with van der Waals surface area (Å²) in [6.45, 7) is 3.74. The highest BCUT2D eigenvalue weighted by Crippen LogP contribution is 2.31. The minimum Gasteiger partial charge on any atom is -0.450 e. The van der Waals surface area contributed by atoms with Crippen LogP contribution < -0.4 is 4.90 Å². The quantitative estimate of drug-likeness (QED) is 0.442. The number of benzene rings is 2. The van der Waals surface area contributed by atoms with Gasteiger partial charge < -0.3 is 9.64 Å². The highest BCUT2D eigenvalue weighted by Gasteiger charge is 2.26. The molecule has 3 aromatic rings. The third-order valence-electron chi connectivity index (χ3n) is 5.23. The molecule has 0 saturated carbocycles. The van der Waals surface area contributed by atoms with Gasteiger partial charge in [0, 0.05) is 30.3 Å². The Kier molecular flexibility index (Phi) is 5.50. The van der Waals surface area contributed by atoms with Crippen molar-refractivity contribution in [1.29, 1.82) is 0 Å². The van der Waals surface area contributed by atoms with Crippen LogP contribution in [-0.4, -0.2) is 30.3 Å². The van der Waals surface area contributed by atoms with E-state index in [1.54, 1.807) is 30.0 Å². The minimum absolute atomic E-state index is 0.0136. The Morgan fingerprint density at radius 1 is 1.07 bits per heavy atom. The molecule has 0 aliphatic carbocycles. The molecule has 1 aliphatic heterocycles. The van der Waals surface area contributed by atoms with Gasteiger partial charge in [0.05, 0.1) is 0 Å². The molecule has 4 rings (SSSR count). The fourth-order valence-electron chi connectivity index (χ4n) is 3.70. The Morgan fingerprint density at radius 3 is 2.57 bits per heavy atom. The lowest BCUT2D eigenvalue weighted by Crippen LogP contribution is -2.26. The zero-order chi connectivity index (χ0) is 21.3. The number of carbonyl (C=O) groups is 3. The number of hydrogen-bond donors (Lipinski definition) is 0. The highest BCUT2D eigenvalue weighted by molar-refractivity contribution is 7.12. The van der Waals surface area contributed by atoms with Gasteiger partial charge in [0.25, 0.3) is 0 Å². The molecule has 0 saturated heterocycles. The average Bonchev–Trinajstić information content (AvgIpc) is 3.40. The molecule has 0 spiro atoms. The van der Waals surface area contributed by atoms with Crippen LogP contribution >= 0.6 is 11.3 Å². The summed E-state index contributed by atoms with van der Waals surface area (Å²) in [4.78, 5) is 39.5. The lowest BCUT2D eigenvalue weighted by molar-refractivity contribution is -0.116. The Labute approximate surface area is 178 Å². The number of anilines is 1. The van der Waals surface area contributed by atoms with Crippen LogP contribution in [0.3, 0.4) is 0 Å². The number of amides is 1. The summed E-state index contributed by atoms with van der Waals surface area (Å²) in [5, 5.41) is 1.84. The number of thiophene rings is 1. The van der Waals surface area contributed by atoms with Crippen LogP contribution in [0.15, 0.2) is 60.0 Å². The SMILES string of the molecule is CC(=O)N1CCc2cc(C(=O)C(C)OC(=O)c3sccc3-c3ccccc3)ccc21. The molecule has 1 unspecified atom stereocenters. The first-order chi connectivity index (χ1) is 14.5. The van der Waals surface area contributed by atoms with E-state index < -0.39 is 12.1 Å². The van der Waals surface area contributed by atoms with Gasteiger partial charge in [-0.15, -0.1) is 11.3 Å². The fourth-order valence-corrected chi connectivity index (χ4v) is 4.49. The molecular weight excluding hydrogens is 398 g/mol. The molecule has 1 atom stereocenters. The van der Waals surface area contributed by atoms with Crippen molar-refractivity contribution in [3.05, 3.63) is 76.0 Å². The first-order valence-corrected chi connectivity index (χ1v) is 10.6. The van der Waals surface area contributed by atoms with Crippen molar-refractivity contribution < 1.29 is 19.1 Å². The number of Topliss-reactive ketones (excluding diaryl/α,β-unsaturated/α-hetero) is 1. The number of esters is 1. The molecular formula is C24H21NO4S. The van der Waals surface area contributed by atoms with Gasteiger partial charge >= 0.3 is 5.97 Å². The number of hydrogen-bond acceptors (Lipinski definition) is 5. The van der Waals surface area contributed by atoms with E-state index >= 15 is 0 Å². The number of ketones is 1.